The van der Waals surface area contributed by atoms with Gasteiger partial charge in [0.25, 0.3) is 0 Å². The summed E-state index contributed by atoms with van der Waals surface area (Å²) in [5.74, 6) is -0.253. The maximum Gasteiger partial charge on any atom is 0.223 e. The van der Waals surface area contributed by atoms with E-state index in [-0.39, 0.29) is 23.7 Å². The normalized spacial score (nSPS) is 14.8. The number of fused-ring (bicyclic) bond motifs is 1. The minimum Gasteiger partial charge on any atom is -0.348 e. The van der Waals surface area contributed by atoms with Crippen LogP contribution in [-0.4, -0.2) is 24.0 Å². The molecule has 0 unspecified atom stereocenters. The van der Waals surface area contributed by atoms with E-state index in [4.69, 9.17) is 0 Å². The van der Waals surface area contributed by atoms with Crippen LogP contribution in [0.25, 0.3) is 10.2 Å². The lowest BCUT2D eigenvalue weighted by atomic mass is 9.93. The van der Waals surface area contributed by atoms with Crippen molar-refractivity contribution in [2.75, 3.05) is 18.0 Å². The maximum atomic E-state index is 14.0. The van der Waals surface area contributed by atoms with Crippen LogP contribution in [0.15, 0.2) is 78.9 Å². The predicted octanol–water partition coefficient (Wildman–Crippen LogP) is 5.56. The molecule has 1 fully saturated rings. The Kier molecular flexibility index (Phi) is 5.86. The van der Waals surface area contributed by atoms with Gasteiger partial charge >= 0.3 is 0 Å². The van der Waals surface area contributed by atoms with Crippen LogP contribution in [-0.2, 0) is 4.79 Å². The Morgan fingerprint density at radius 2 is 1.56 bits per heavy atom. The van der Waals surface area contributed by atoms with Crippen molar-refractivity contribution < 1.29 is 9.18 Å². The molecule has 1 aliphatic rings. The van der Waals surface area contributed by atoms with Crippen LogP contribution in [0.3, 0.4) is 0 Å². The second kappa shape index (κ2) is 9.09. The van der Waals surface area contributed by atoms with Crippen LogP contribution in [0.5, 0.6) is 0 Å². The van der Waals surface area contributed by atoms with Crippen LogP contribution < -0.4 is 10.2 Å². The molecule has 4 nitrogen and oxygen atoms in total. The molecule has 6 heteroatoms. The van der Waals surface area contributed by atoms with Gasteiger partial charge < -0.3 is 10.2 Å². The Morgan fingerprint density at radius 3 is 2.16 bits per heavy atom. The van der Waals surface area contributed by atoms with Crippen molar-refractivity contribution in [3.63, 3.8) is 0 Å². The monoisotopic (exact) mass is 445 g/mol. The molecule has 0 radical (unpaired) electrons. The van der Waals surface area contributed by atoms with E-state index in [1.807, 2.05) is 66.7 Å². The SMILES string of the molecule is O=C(NC(c1ccccc1)c1ccccc1)C1CCN(c2nc3c(F)cccc3s2)CC1. The first-order chi connectivity index (χ1) is 15.7. The number of thiazole rings is 1. The van der Waals surface area contributed by atoms with Crippen LogP contribution in [0.1, 0.15) is 30.0 Å². The Hall–Kier alpha value is -3.25. The van der Waals surface area contributed by atoms with Crippen LogP contribution >= 0.6 is 11.3 Å². The summed E-state index contributed by atoms with van der Waals surface area (Å²) in [6, 6.07) is 25.0. The van der Waals surface area contributed by atoms with Gasteiger partial charge in [-0.05, 0) is 36.1 Å². The van der Waals surface area contributed by atoms with Gasteiger partial charge in [0.15, 0.2) is 5.13 Å². The molecule has 1 aromatic heterocycles. The molecule has 0 saturated carbocycles. The van der Waals surface area contributed by atoms with E-state index in [0.717, 1.165) is 46.9 Å². The molecule has 0 atom stereocenters. The van der Waals surface area contributed by atoms with Crippen molar-refractivity contribution in [1.29, 1.82) is 0 Å². The average molecular weight is 446 g/mol. The number of carbonyl (C=O) groups is 1. The second-order valence-electron chi connectivity index (χ2n) is 8.11. The van der Waals surface area contributed by atoms with Gasteiger partial charge in [0, 0.05) is 19.0 Å². The Bertz CT molecular complexity index is 1160. The Morgan fingerprint density at radius 1 is 0.938 bits per heavy atom. The van der Waals surface area contributed by atoms with Gasteiger partial charge in [-0.15, -0.1) is 0 Å². The summed E-state index contributed by atoms with van der Waals surface area (Å²) in [6.45, 7) is 1.47. The van der Waals surface area contributed by atoms with E-state index in [1.54, 1.807) is 6.07 Å². The molecule has 2 heterocycles. The molecule has 0 aliphatic carbocycles. The van der Waals surface area contributed by atoms with E-state index in [9.17, 15) is 9.18 Å². The molecule has 32 heavy (non-hydrogen) atoms. The van der Waals surface area contributed by atoms with Crippen molar-refractivity contribution in [3.05, 3.63) is 95.8 Å². The number of hydrogen-bond acceptors (Lipinski definition) is 4. The van der Waals surface area contributed by atoms with Crippen LogP contribution in [0.2, 0.25) is 0 Å². The van der Waals surface area contributed by atoms with Gasteiger partial charge in [-0.25, -0.2) is 9.37 Å². The van der Waals surface area contributed by atoms with Gasteiger partial charge in [-0.3, -0.25) is 4.79 Å². The first kappa shape index (κ1) is 20.6. The second-order valence-corrected chi connectivity index (χ2v) is 9.12. The number of aromatic nitrogens is 1. The highest BCUT2D eigenvalue weighted by Gasteiger charge is 2.28. The topological polar surface area (TPSA) is 45.2 Å². The molecular formula is C26H24FN3OS. The Balaban J connectivity index is 1.27. The van der Waals surface area contributed by atoms with Gasteiger partial charge in [0.05, 0.1) is 10.7 Å². The lowest BCUT2D eigenvalue weighted by Gasteiger charge is -2.32. The number of amides is 1. The van der Waals surface area contributed by atoms with E-state index in [0.29, 0.717) is 5.52 Å². The number of carbonyl (C=O) groups excluding carboxylic acids is 1. The minimum atomic E-state index is -0.285. The lowest BCUT2D eigenvalue weighted by Crippen LogP contribution is -2.41. The predicted molar refractivity (Wildman–Crippen MR) is 127 cm³/mol. The number of nitrogens with one attached hydrogen (secondary N) is 1. The summed E-state index contributed by atoms with van der Waals surface area (Å²) in [6.07, 6.45) is 1.50. The number of piperidine rings is 1. The first-order valence-electron chi connectivity index (χ1n) is 10.9. The van der Waals surface area contributed by atoms with Crippen LogP contribution in [0.4, 0.5) is 9.52 Å². The van der Waals surface area contributed by atoms with Crippen molar-refractivity contribution in [2.24, 2.45) is 5.92 Å². The highest BCUT2D eigenvalue weighted by molar-refractivity contribution is 7.22. The molecule has 4 aromatic rings. The van der Waals surface area contributed by atoms with E-state index >= 15 is 0 Å². The zero-order chi connectivity index (χ0) is 21.9. The molecule has 1 saturated heterocycles. The molecular weight excluding hydrogens is 421 g/mol. The molecule has 1 aliphatic heterocycles. The van der Waals surface area contributed by atoms with Crippen molar-refractivity contribution >= 4 is 32.6 Å². The molecule has 3 aromatic carbocycles. The fourth-order valence-electron chi connectivity index (χ4n) is 4.28. The van der Waals surface area contributed by atoms with E-state index < -0.39 is 0 Å². The summed E-state index contributed by atoms with van der Waals surface area (Å²) in [4.78, 5) is 19.9. The lowest BCUT2D eigenvalue weighted by molar-refractivity contribution is -0.126. The van der Waals surface area contributed by atoms with E-state index in [1.165, 1.54) is 17.4 Å². The number of rotatable bonds is 5. The minimum absolute atomic E-state index is 0.0488. The third-order valence-electron chi connectivity index (χ3n) is 6.05. The molecule has 0 bridgehead atoms. The highest BCUT2D eigenvalue weighted by Crippen LogP contribution is 2.33. The van der Waals surface area contributed by atoms with Gasteiger partial charge in [-0.2, -0.15) is 0 Å². The zero-order valence-corrected chi connectivity index (χ0v) is 18.4. The summed E-state index contributed by atoms with van der Waals surface area (Å²) in [7, 11) is 0. The molecule has 1 amide bonds. The van der Waals surface area contributed by atoms with Crippen molar-refractivity contribution in [1.82, 2.24) is 10.3 Å². The van der Waals surface area contributed by atoms with Gasteiger partial charge in [0.2, 0.25) is 5.91 Å². The smallest absolute Gasteiger partial charge is 0.223 e. The van der Waals surface area contributed by atoms with Gasteiger partial charge in [0.1, 0.15) is 11.3 Å². The average Bonchev–Trinajstić information content (AvgIpc) is 3.29. The third kappa shape index (κ3) is 4.23. The number of para-hydroxylation sites is 1. The quantitative estimate of drug-likeness (QED) is 0.438. The summed E-state index contributed by atoms with van der Waals surface area (Å²) < 4.78 is 14.9. The van der Waals surface area contributed by atoms with Crippen molar-refractivity contribution in [2.45, 2.75) is 18.9 Å². The highest BCUT2D eigenvalue weighted by atomic mass is 32.1. The largest absolute Gasteiger partial charge is 0.348 e. The Labute approximate surface area is 190 Å². The zero-order valence-electron chi connectivity index (χ0n) is 17.6. The summed E-state index contributed by atoms with van der Waals surface area (Å²) in [5.41, 5.74) is 2.57. The fourth-order valence-corrected chi connectivity index (χ4v) is 5.31. The number of nitrogens with zero attached hydrogens (tertiary/aromatic N) is 2. The number of anilines is 1. The van der Waals surface area contributed by atoms with Gasteiger partial charge in [-0.1, -0.05) is 78.1 Å². The molecule has 162 valence electrons. The number of hydrogen-bond donors (Lipinski definition) is 1. The molecule has 0 spiro atoms. The number of halogens is 1. The fraction of sp³-hybridized carbons (Fsp3) is 0.231. The summed E-state index contributed by atoms with van der Waals surface area (Å²) >= 11 is 1.51. The molecule has 1 N–H and O–H groups in total. The first-order valence-corrected chi connectivity index (χ1v) is 11.7. The third-order valence-corrected chi connectivity index (χ3v) is 7.13. The van der Waals surface area contributed by atoms with Crippen molar-refractivity contribution in [3.8, 4) is 0 Å². The maximum absolute atomic E-state index is 14.0. The number of benzene rings is 3. The standard InChI is InChI=1S/C26H24FN3OS/c27-21-12-7-13-22-24(21)29-26(32-22)30-16-14-20(15-17-30)25(31)28-23(18-8-3-1-4-9-18)19-10-5-2-6-11-19/h1-13,20,23H,14-17H2,(H,28,31). The molecule has 5 rings (SSSR count). The van der Waals surface area contributed by atoms with E-state index in [2.05, 4.69) is 15.2 Å². The summed E-state index contributed by atoms with van der Waals surface area (Å²) in [5, 5.41) is 4.11. The van der Waals surface area contributed by atoms with Crippen LogP contribution in [0, 0.1) is 11.7 Å².